The molecule has 66 valence electrons. The Morgan fingerprint density at radius 2 is 2.54 bits per heavy atom. The second-order valence-corrected chi connectivity index (χ2v) is 2.23. The first-order valence-corrected chi connectivity index (χ1v) is 3.61. The van der Waals surface area contributed by atoms with Crippen molar-refractivity contribution in [3.05, 3.63) is 24.5 Å². The van der Waals surface area contributed by atoms with Crippen molar-refractivity contribution in [2.75, 3.05) is 11.9 Å². The summed E-state index contributed by atoms with van der Waals surface area (Å²) in [5, 5.41) is 8.77. The third-order valence-corrected chi connectivity index (χ3v) is 1.46. The first-order chi connectivity index (χ1) is 6.29. The summed E-state index contributed by atoms with van der Waals surface area (Å²) in [6.07, 6.45) is 5.07. The maximum absolute atomic E-state index is 8.77. The number of guanidine groups is 1. The number of nitrogens with zero attached hydrogens (tertiary/aromatic N) is 4. The maximum Gasteiger partial charge on any atom is 0.209 e. The number of rotatable bonds is 1. The first kappa shape index (κ1) is 9.00. The average molecular weight is 175 g/mol. The van der Waals surface area contributed by atoms with E-state index >= 15 is 0 Å². The number of anilines is 1. The van der Waals surface area contributed by atoms with Crippen LogP contribution >= 0.6 is 0 Å². The Morgan fingerprint density at radius 1 is 1.77 bits per heavy atom. The SMILES string of the molecule is CN=C(N)N(C#N)c1cccnc1. The smallest absolute Gasteiger partial charge is 0.209 e. The van der Waals surface area contributed by atoms with Gasteiger partial charge >= 0.3 is 0 Å². The number of nitrogens with two attached hydrogens (primary N) is 1. The van der Waals surface area contributed by atoms with E-state index in [2.05, 4.69) is 9.98 Å². The summed E-state index contributed by atoms with van der Waals surface area (Å²) < 4.78 is 0. The van der Waals surface area contributed by atoms with Crippen molar-refractivity contribution < 1.29 is 0 Å². The lowest BCUT2D eigenvalue weighted by atomic mass is 10.4. The Hall–Kier alpha value is -2.09. The molecule has 0 saturated carbocycles. The van der Waals surface area contributed by atoms with E-state index in [9.17, 15) is 0 Å². The van der Waals surface area contributed by atoms with Crippen molar-refractivity contribution in [1.29, 1.82) is 5.26 Å². The van der Waals surface area contributed by atoms with Crippen LogP contribution in [0.1, 0.15) is 0 Å². The molecule has 0 radical (unpaired) electrons. The molecular formula is C8H9N5. The molecule has 0 atom stereocenters. The molecule has 0 spiro atoms. The van der Waals surface area contributed by atoms with Gasteiger partial charge in [-0.3, -0.25) is 9.98 Å². The second kappa shape index (κ2) is 4.07. The summed E-state index contributed by atoms with van der Waals surface area (Å²) in [5.74, 6) is 0.149. The van der Waals surface area contributed by atoms with Gasteiger partial charge in [-0.25, -0.2) is 4.90 Å². The van der Waals surface area contributed by atoms with Crippen LogP contribution in [0.2, 0.25) is 0 Å². The van der Waals surface area contributed by atoms with Crippen LogP contribution in [0.4, 0.5) is 5.69 Å². The van der Waals surface area contributed by atoms with Crippen LogP contribution in [-0.4, -0.2) is 18.0 Å². The molecule has 0 aliphatic heterocycles. The van der Waals surface area contributed by atoms with Gasteiger partial charge in [0.25, 0.3) is 0 Å². The normalized spacial score (nSPS) is 10.6. The minimum absolute atomic E-state index is 0.149. The van der Waals surface area contributed by atoms with E-state index in [1.165, 1.54) is 11.9 Å². The molecule has 5 heteroatoms. The van der Waals surface area contributed by atoms with Crippen molar-refractivity contribution in [3.63, 3.8) is 0 Å². The Kier molecular flexibility index (Phi) is 2.82. The van der Waals surface area contributed by atoms with Gasteiger partial charge < -0.3 is 5.73 Å². The van der Waals surface area contributed by atoms with Crippen LogP contribution < -0.4 is 10.6 Å². The molecule has 0 aliphatic carbocycles. The lowest BCUT2D eigenvalue weighted by Gasteiger charge is -2.12. The van der Waals surface area contributed by atoms with Crippen LogP contribution in [0.15, 0.2) is 29.5 Å². The number of hydrogen-bond donors (Lipinski definition) is 1. The summed E-state index contributed by atoms with van der Waals surface area (Å²) >= 11 is 0. The maximum atomic E-state index is 8.77. The van der Waals surface area contributed by atoms with Gasteiger partial charge in [0, 0.05) is 13.2 Å². The Labute approximate surface area is 76.1 Å². The minimum Gasteiger partial charge on any atom is -0.369 e. The zero-order valence-corrected chi connectivity index (χ0v) is 7.18. The standard InChI is InChI=1S/C8H9N5/c1-11-8(10)13(6-9)7-3-2-4-12-5-7/h2-5H,1H3,(H2,10,11). The highest BCUT2D eigenvalue weighted by Crippen LogP contribution is 2.09. The lowest BCUT2D eigenvalue weighted by Crippen LogP contribution is -2.33. The lowest BCUT2D eigenvalue weighted by molar-refractivity contribution is 1.22. The van der Waals surface area contributed by atoms with Crippen molar-refractivity contribution in [1.82, 2.24) is 4.98 Å². The molecule has 1 rings (SSSR count). The van der Waals surface area contributed by atoms with Crippen molar-refractivity contribution >= 4 is 11.6 Å². The quantitative estimate of drug-likeness (QED) is 0.288. The predicted octanol–water partition coefficient (Wildman–Crippen LogP) is 0.314. The van der Waals surface area contributed by atoms with E-state index in [4.69, 9.17) is 11.0 Å². The molecule has 0 aromatic carbocycles. The third-order valence-electron chi connectivity index (χ3n) is 1.46. The number of nitriles is 1. The molecule has 1 aromatic rings. The fourth-order valence-corrected chi connectivity index (χ4v) is 0.827. The Morgan fingerprint density at radius 3 is 3.00 bits per heavy atom. The Balaban J connectivity index is 3.00. The molecule has 0 saturated heterocycles. The fraction of sp³-hybridized carbons (Fsp3) is 0.125. The van der Waals surface area contributed by atoms with Gasteiger partial charge in [0.05, 0.1) is 11.9 Å². The van der Waals surface area contributed by atoms with E-state index in [0.717, 1.165) is 0 Å². The first-order valence-electron chi connectivity index (χ1n) is 3.61. The fourth-order valence-electron chi connectivity index (χ4n) is 0.827. The van der Waals surface area contributed by atoms with Crippen LogP contribution in [0.3, 0.4) is 0 Å². The van der Waals surface area contributed by atoms with Gasteiger partial charge in [0.15, 0.2) is 6.19 Å². The van der Waals surface area contributed by atoms with Gasteiger partial charge in [0.2, 0.25) is 5.96 Å². The van der Waals surface area contributed by atoms with E-state index < -0.39 is 0 Å². The largest absolute Gasteiger partial charge is 0.369 e. The van der Waals surface area contributed by atoms with Gasteiger partial charge in [0.1, 0.15) is 0 Å². The van der Waals surface area contributed by atoms with Crippen molar-refractivity contribution in [3.8, 4) is 6.19 Å². The molecule has 0 aliphatic rings. The topological polar surface area (TPSA) is 78.3 Å². The van der Waals surface area contributed by atoms with Gasteiger partial charge in [-0.1, -0.05) is 0 Å². The molecule has 0 unspecified atom stereocenters. The summed E-state index contributed by atoms with van der Waals surface area (Å²) in [7, 11) is 1.52. The van der Waals surface area contributed by atoms with Crippen molar-refractivity contribution in [2.45, 2.75) is 0 Å². The third kappa shape index (κ3) is 1.93. The van der Waals surface area contributed by atoms with E-state index in [1.54, 1.807) is 24.5 Å². The zero-order valence-electron chi connectivity index (χ0n) is 7.18. The van der Waals surface area contributed by atoms with Crippen LogP contribution in [0, 0.1) is 11.5 Å². The average Bonchev–Trinajstić information content (AvgIpc) is 2.20. The molecule has 5 nitrogen and oxygen atoms in total. The second-order valence-electron chi connectivity index (χ2n) is 2.23. The zero-order chi connectivity index (χ0) is 9.68. The summed E-state index contributed by atoms with van der Waals surface area (Å²) in [4.78, 5) is 8.77. The van der Waals surface area contributed by atoms with Crippen molar-refractivity contribution in [2.24, 2.45) is 10.7 Å². The van der Waals surface area contributed by atoms with E-state index in [0.29, 0.717) is 5.69 Å². The molecule has 0 fully saturated rings. The number of hydrogen-bond acceptors (Lipinski definition) is 3. The molecule has 13 heavy (non-hydrogen) atoms. The summed E-state index contributed by atoms with van der Waals surface area (Å²) in [6, 6.07) is 3.46. The molecule has 1 heterocycles. The van der Waals surface area contributed by atoms with Crippen LogP contribution in [0.5, 0.6) is 0 Å². The number of pyridine rings is 1. The van der Waals surface area contributed by atoms with Gasteiger partial charge in [-0.05, 0) is 12.1 Å². The minimum atomic E-state index is 0.149. The molecular weight excluding hydrogens is 166 g/mol. The highest BCUT2D eigenvalue weighted by molar-refractivity contribution is 5.97. The molecule has 0 bridgehead atoms. The summed E-state index contributed by atoms with van der Waals surface area (Å²) in [6.45, 7) is 0. The molecule has 2 N–H and O–H groups in total. The van der Waals surface area contributed by atoms with E-state index in [-0.39, 0.29) is 5.96 Å². The highest BCUT2D eigenvalue weighted by Gasteiger charge is 2.07. The predicted molar refractivity (Wildman–Crippen MR) is 49.9 cm³/mol. The summed E-state index contributed by atoms with van der Waals surface area (Å²) in [5.41, 5.74) is 6.09. The monoisotopic (exact) mass is 175 g/mol. The van der Waals surface area contributed by atoms with Crippen LogP contribution in [0.25, 0.3) is 0 Å². The van der Waals surface area contributed by atoms with Crippen LogP contribution in [-0.2, 0) is 0 Å². The Bertz CT molecular complexity index is 337. The molecule has 1 aromatic heterocycles. The molecule has 0 amide bonds. The number of aliphatic imine (C=N–C) groups is 1. The van der Waals surface area contributed by atoms with E-state index in [1.807, 2.05) is 6.19 Å². The van der Waals surface area contributed by atoms with Gasteiger partial charge in [-0.2, -0.15) is 5.26 Å². The number of aromatic nitrogens is 1. The van der Waals surface area contributed by atoms with Gasteiger partial charge in [-0.15, -0.1) is 0 Å². The highest BCUT2D eigenvalue weighted by atomic mass is 15.2.